The van der Waals surface area contributed by atoms with Gasteiger partial charge in [0, 0.05) is 15.8 Å². The third kappa shape index (κ3) is 3.23. The molecule has 0 aliphatic carbocycles. The Hall–Kier alpha value is -1.19. The summed E-state index contributed by atoms with van der Waals surface area (Å²) < 4.78 is 13.4. The maximum atomic E-state index is 13.4. The molecule has 2 rings (SSSR count). The van der Waals surface area contributed by atoms with E-state index in [4.69, 9.17) is 0 Å². The van der Waals surface area contributed by atoms with Gasteiger partial charge in [0.05, 0.1) is 0 Å². The van der Waals surface area contributed by atoms with Crippen LogP contribution in [-0.4, -0.2) is 7.05 Å². The molecule has 1 heterocycles. The van der Waals surface area contributed by atoms with Gasteiger partial charge < -0.3 is 5.32 Å². The predicted molar refractivity (Wildman–Crippen MR) is 80.4 cm³/mol. The molecule has 0 fully saturated rings. The molecule has 1 atom stereocenters. The molecule has 2 aromatic rings. The summed E-state index contributed by atoms with van der Waals surface area (Å²) in [6.07, 6.45) is 0.819. The Bertz CT molecular complexity index is 555. The Morgan fingerprint density at radius 2 is 1.89 bits per heavy atom. The van der Waals surface area contributed by atoms with Crippen molar-refractivity contribution in [2.45, 2.75) is 33.2 Å². The summed E-state index contributed by atoms with van der Waals surface area (Å²) in [7, 11) is 1.96. The van der Waals surface area contributed by atoms with Gasteiger partial charge in [-0.1, -0.05) is 6.07 Å². The first-order chi connectivity index (χ1) is 9.01. The minimum absolute atomic E-state index is 0.158. The third-order valence-electron chi connectivity index (χ3n) is 3.61. The Morgan fingerprint density at radius 3 is 2.47 bits per heavy atom. The zero-order valence-electron chi connectivity index (χ0n) is 11.9. The summed E-state index contributed by atoms with van der Waals surface area (Å²) in [4.78, 5) is 2.67. The molecular formula is C16H20FNS. The van der Waals surface area contributed by atoms with Crippen LogP contribution in [0.2, 0.25) is 0 Å². The fourth-order valence-corrected chi connectivity index (χ4v) is 3.35. The lowest BCUT2D eigenvalue weighted by Crippen LogP contribution is -2.18. The summed E-state index contributed by atoms with van der Waals surface area (Å²) in [5.41, 5.74) is 3.55. The minimum atomic E-state index is -0.158. The molecular weight excluding hydrogens is 257 g/mol. The SMILES string of the molecule is CNC(Cc1cc(F)ccc1C)c1cc(C)c(C)s1. The van der Waals surface area contributed by atoms with Crippen molar-refractivity contribution in [2.24, 2.45) is 0 Å². The number of thiophene rings is 1. The molecule has 1 aromatic heterocycles. The average molecular weight is 277 g/mol. The lowest BCUT2D eigenvalue weighted by Gasteiger charge is -2.16. The first-order valence-corrected chi connectivity index (χ1v) is 7.32. The van der Waals surface area contributed by atoms with Crippen LogP contribution < -0.4 is 5.32 Å². The number of nitrogens with one attached hydrogen (secondary N) is 1. The van der Waals surface area contributed by atoms with Crippen LogP contribution in [0.5, 0.6) is 0 Å². The van der Waals surface area contributed by atoms with E-state index >= 15 is 0 Å². The van der Waals surface area contributed by atoms with Gasteiger partial charge in [0.2, 0.25) is 0 Å². The molecule has 0 amide bonds. The second-order valence-electron chi connectivity index (χ2n) is 5.00. The van der Waals surface area contributed by atoms with Crippen LogP contribution in [0.25, 0.3) is 0 Å². The Balaban J connectivity index is 2.26. The summed E-state index contributed by atoms with van der Waals surface area (Å²) in [6, 6.07) is 7.50. The number of halogens is 1. The van der Waals surface area contributed by atoms with Gasteiger partial charge in [-0.15, -0.1) is 11.3 Å². The molecule has 0 saturated carbocycles. The first-order valence-electron chi connectivity index (χ1n) is 6.50. The zero-order chi connectivity index (χ0) is 14.0. The number of likely N-dealkylation sites (N-methyl/N-ethyl adjacent to an activating group) is 1. The third-order valence-corrected chi connectivity index (χ3v) is 4.88. The number of hydrogen-bond donors (Lipinski definition) is 1. The predicted octanol–water partition coefficient (Wildman–Crippen LogP) is 4.32. The Morgan fingerprint density at radius 1 is 1.16 bits per heavy atom. The fraction of sp³-hybridized carbons (Fsp3) is 0.375. The van der Waals surface area contributed by atoms with Crippen LogP contribution in [0.15, 0.2) is 24.3 Å². The van der Waals surface area contributed by atoms with Gasteiger partial charge in [0.25, 0.3) is 0 Å². The van der Waals surface area contributed by atoms with Gasteiger partial charge in [-0.3, -0.25) is 0 Å². The highest BCUT2D eigenvalue weighted by atomic mass is 32.1. The molecule has 1 N–H and O–H groups in total. The highest BCUT2D eigenvalue weighted by Gasteiger charge is 2.15. The van der Waals surface area contributed by atoms with Crippen molar-refractivity contribution in [3.63, 3.8) is 0 Å². The molecule has 102 valence electrons. The quantitative estimate of drug-likeness (QED) is 0.878. The number of rotatable bonds is 4. The largest absolute Gasteiger partial charge is 0.312 e. The van der Waals surface area contributed by atoms with Gasteiger partial charge in [0.1, 0.15) is 5.82 Å². The van der Waals surface area contributed by atoms with E-state index in [9.17, 15) is 4.39 Å². The smallest absolute Gasteiger partial charge is 0.123 e. The molecule has 0 saturated heterocycles. The van der Waals surface area contributed by atoms with Crippen molar-refractivity contribution >= 4 is 11.3 Å². The Kier molecular flexibility index (Phi) is 4.38. The minimum Gasteiger partial charge on any atom is -0.312 e. The van der Waals surface area contributed by atoms with Crippen LogP contribution >= 0.6 is 11.3 Å². The van der Waals surface area contributed by atoms with E-state index in [1.807, 2.05) is 31.4 Å². The van der Waals surface area contributed by atoms with Crippen LogP contribution in [0.4, 0.5) is 4.39 Å². The lowest BCUT2D eigenvalue weighted by molar-refractivity contribution is 0.590. The number of aryl methyl sites for hydroxylation is 3. The average Bonchev–Trinajstić information content (AvgIpc) is 2.70. The second kappa shape index (κ2) is 5.85. The van der Waals surface area contributed by atoms with Gasteiger partial charge in [-0.25, -0.2) is 4.39 Å². The summed E-state index contributed by atoms with van der Waals surface area (Å²) in [5, 5.41) is 3.34. The molecule has 19 heavy (non-hydrogen) atoms. The van der Waals surface area contributed by atoms with Crippen LogP contribution in [0.3, 0.4) is 0 Å². The molecule has 3 heteroatoms. The van der Waals surface area contributed by atoms with Gasteiger partial charge in [-0.2, -0.15) is 0 Å². The van der Waals surface area contributed by atoms with Crippen molar-refractivity contribution in [1.29, 1.82) is 0 Å². The number of benzene rings is 1. The summed E-state index contributed by atoms with van der Waals surface area (Å²) >= 11 is 1.82. The van der Waals surface area contributed by atoms with E-state index in [0.717, 1.165) is 17.5 Å². The van der Waals surface area contributed by atoms with Crippen LogP contribution in [0.1, 0.15) is 32.5 Å². The van der Waals surface area contributed by atoms with E-state index in [0.29, 0.717) is 0 Å². The highest BCUT2D eigenvalue weighted by Crippen LogP contribution is 2.29. The molecule has 1 aromatic carbocycles. The van der Waals surface area contributed by atoms with E-state index in [-0.39, 0.29) is 11.9 Å². The topological polar surface area (TPSA) is 12.0 Å². The standard InChI is InChI=1S/C16H20FNS/c1-10-5-6-14(17)8-13(10)9-15(18-4)16-7-11(2)12(3)19-16/h5-8,15,18H,9H2,1-4H3. The monoisotopic (exact) mass is 277 g/mol. The summed E-state index contributed by atoms with van der Waals surface area (Å²) in [5.74, 6) is -0.158. The van der Waals surface area contributed by atoms with E-state index in [1.165, 1.54) is 21.4 Å². The fourth-order valence-electron chi connectivity index (χ4n) is 2.20. The van der Waals surface area contributed by atoms with Crippen LogP contribution in [-0.2, 0) is 6.42 Å². The first kappa shape index (κ1) is 14.2. The maximum Gasteiger partial charge on any atom is 0.123 e. The number of hydrogen-bond acceptors (Lipinski definition) is 2. The van der Waals surface area contributed by atoms with Crippen molar-refractivity contribution in [3.8, 4) is 0 Å². The maximum absolute atomic E-state index is 13.4. The van der Waals surface area contributed by atoms with Crippen molar-refractivity contribution in [1.82, 2.24) is 5.32 Å². The van der Waals surface area contributed by atoms with E-state index in [2.05, 4.69) is 25.2 Å². The van der Waals surface area contributed by atoms with E-state index in [1.54, 1.807) is 6.07 Å². The molecule has 0 bridgehead atoms. The second-order valence-corrected chi connectivity index (χ2v) is 6.29. The summed E-state index contributed by atoms with van der Waals surface area (Å²) in [6.45, 7) is 6.31. The molecule has 0 aliphatic rings. The molecule has 0 aliphatic heterocycles. The zero-order valence-corrected chi connectivity index (χ0v) is 12.7. The van der Waals surface area contributed by atoms with Gasteiger partial charge in [-0.05, 0) is 69.1 Å². The highest BCUT2D eigenvalue weighted by molar-refractivity contribution is 7.12. The lowest BCUT2D eigenvalue weighted by atomic mass is 10.00. The molecule has 0 spiro atoms. The Labute approximate surface area is 118 Å². The van der Waals surface area contributed by atoms with Crippen LogP contribution in [0, 0.1) is 26.6 Å². The van der Waals surface area contributed by atoms with Crippen molar-refractivity contribution in [3.05, 3.63) is 56.5 Å². The van der Waals surface area contributed by atoms with Gasteiger partial charge in [0.15, 0.2) is 0 Å². The molecule has 1 unspecified atom stereocenters. The molecule has 1 nitrogen and oxygen atoms in total. The van der Waals surface area contributed by atoms with Crippen molar-refractivity contribution < 1.29 is 4.39 Å². The van der Waals surface area contributed by atoms with Crippen molar-refractivity contribution in [2.75, 3.05) is 7.05 Å². The molecule has 0 radical (unpaired) electrons. The van der Waals surface area contributed by atoms with Gasteiger partial charge >= 0.3 is 0 Å². The van der Waals surface area contributed by atoms with E-state index < -0.39 is 0 Å². The normalized spacial score (nSPS) is 12.7.